The molecule has 0 atom stereocenters. The van der Waals surface area contributed by atoms with Gasteiger partial charge in [0.1, 0.15) is 5.75 Å². The zero-order valence-electron chi connectivity index (χ0n) is 14.9. The molecule has 0 unspecified atom stereocenters. The van der Waals surface area contributed by atoms with Crippen molar-refractivity contribution in [2.75, 3.05) is 19.5 Å². The summed E-state index contributed by atoms with van der Waals surface area (Å²) in [6.45, 7) is 3.46. The maximum atomic E-state index is 11.7. The Balaban J connectivity index is 2.01. The lowest BCUT2D eigenvalue weighted by molar-refractivity contribution is -0.111. The third-order valence-corrected chi connectivity index (χ3v) is 3.99. The molecule has 7 heteroatoms. The Kier molecular flexibility index (Phi) is 5.12. The average Bonchev–Trinajstić information content (AvgIpc) is 2.72. The molecule has 0 aliphatic rings. The van der Waals surface area contributed by atoms with Crippen molar-refractivity contribution in [3.8, 4) is 16.9 Å². The molecule has 0 bridgehead atoms. The van der Waals surface area contributed by atoms with Gasteiger partial charge in [-0.15, -0.1) is 0 Å². The quantitative estimate of drug-likeness (QED) is 0.681. The van der Waals surface area contributed by atoms with E-state index < -0.39 is 0 Å². The van der Waals surface area contributed by atoms with E-state index in [2.05, 4.69) is 27.2 Å². The Labute approximate surface area is 156 Å². The van der Waals surface area contributed by atoms with Gasteiger partial charge in [0, 0.05) is 18.6 Å². The normalized spacial score (nSPS) is 10.3. The van der Waals surface area contributed by atoms with Crippen LogP contribution in [0, 0.1) is 0 Å². The van der Waals surface area contributed by atoms with Gasteiger partial charge in [-0.25, -0.2) is 9.97 Å². The van der Waals surface area contributed by atoms with Gasteiger partial charge < -0.3 is 15.4 Å². The molecular formula is C20H18N4O3. The number of methoxy groups -OCH3 is 1. The number of hydrogen-bond acceptors (Lipinski definition) is 5. The molecule has 1 heterocycles. The third-order valence-electron chi connectivity index (χ3n) is 3.99. The SMILES string of the molecule is C=CC(=O)Nc1cc(-c2ccc3nc(C(=O)NC)ncc3c2)ccc1OC. The highest BCUT2D eigenvalue weighted by atomic mass is 16.5. The summed E-state index contributed by atoms with van der Waals surface area (Å²) in [6, 6.07) is 11.1. The first-order valence-electron chi connectivity index (χ1n) is 8.16. The van der Waals surface area contributed by atoms with Crippen molar-refractivity contribution in [3.63, 3.8) is 0 Å². The molecule has 0 spiro atoms. The lowest BCUT2D eigenvalue weighted by atomic mass is 10.0. The molecule has 7 nitrogen and oxygen atoms in total. The van der Waals surface area contributed by atoms with Crippen LogP contribution in [-0.2, 0) is 4.79 Å². The number of anilines is 1. The van der Waals surface area contributed by atoms with Gasteiger partial charge in [-0.05, 0) is 41.5 Å². The molecule has 2 amide bonds. The lowest BCUT2D eigenvalue weighted by Gasteiger charge is -2.12. The largest absolute Gasteiger partial charge is 0.495 e. The summed E-state index contributed by atoms with van der Waals surface area (Å²) in [4.78, 5) is 31.7. The first kappa shape index (κ1) is 18.1. The molecule has 0 aliphatic carbocycles. The maximum absolute atomic E-state index is 11.7. The van der Waals surface area contributed by atoms with E-state index in [-0.39, 0.29) is 17.6 Å². The summed E-state index contributed by atoms with van der Waals surface area (Å²) in [5.41, 5.74) is 3.01. The summed E-state index contributed by atoms with van der Waals surface area (Å²) in [7, 11) is 3.07. The number of fused-ring (bicyclic) bond motifs is 1. The average molecular weight is 362 g/mol. The summed E-state index contributed by atoms with van der Waals surface area (Å²) >= 11 is 0. The van der Waals surface area contributed by atoms with Gasteiger partial charge in [0.25, 0.3) is 5.91 Å². The molecule has 2 aromatic carbocycles. The summed E-state index contributed by atoms with van der Waals surface area (Å²) in [5, 5.41) is 6.04. The van der Waals surface area contributed by atoms with Gasteiger partial charge in [0.05, 0.1) is 18.3 Å². The fourth-order valence-corrected chi connectivity index (χ4v) is 2.60. The van der Waals surface area contributed by atoms with Crippen LogP contribution in [0.25, 0.3) is 22.0 Å². The van der Waals surface area contributed by atoms with Crippen LogP contribution >= 0.6 is 0 Å². The molecule has 3 rings (SSSR count). The van der Waals surface area contributed by atoms with Crippen LogP contribution in [-0.4, -0.2) is 35.9 Å². The van der Waals surface area contributed by atoms with Crippen LogP contribution < -0.4 is 15.4 Å². The monoisotopic (exact) mass is 362 g/mol. The van der Waals surface area contributed by atoms with Crippen molar-refractivity contribution in [2.24, 2.45) is 0 Å². The van der Waals surface area contributed by atoms with E-state index in [1.807, 2.05) is 30.3 Å². The molecule has 2 N–H and O–H groups in total. The van der Waals surface area contributed by atoms with E-state index in [4.69, 9.17) is 4.74 Å². The van der Waals surface area contributed by atoms with Crippen LogP contribution in [0.3, 0.4) is 0 Å². The van der Waals surface area contributed by atoms with Gasteiger partial charge in [-0.2, -0.15) is 0 Å². The van der Waals surface area contributed by atoms with Gasteiger partial charge in [0.2, 0.25) is 11.7 Å². The van der Waals surface area contributed by atoms with E-state index in [9.17, 15) is 9.59 Å². The van der Waals surface area contributed by atoms with Gasteiger partial charge in [-0.1, -0.05) is 18.7 Å². The standard InChI is InChI=1S/C20H18N4O3/c1-4-18(25)23-16-10-13(6-8-17(16)27-3)12-5-7-15-14(9-12)11-22-19(24-15)20(26)21-2/h4-11H,1H2,2-3H3,(H,21,26)(H,23,25). The Morgan fingerprint density at radius 3 is 2.59 bits per heavy atom. The molecule has 0 fully saturated rings. The summed E-state index contributed by atoms with van der Waals surface area (Å²) in [6.07, 6.45) is 2.81. The fraction of sp³-hybridized carbons (Fsp3) is 0.100. The Hall–Kier alpha value is -3.74. The molecule has 0 aliphatic heterocycles. The maximum Gasteiger partial charge on any atom is 0.288 e. The third kappa shape index (κ3) is 3.77. The molecule has 27 heavy (non-hydrogen) atoms. The minimum Gasteiger partial charge on any atom is -0.495 e. The minimum absolute atomic E-state index is 0.122. The zero-order valence-corrected chi connectivity index (χ0v) is 14.9. The van der Waals surface area contributed by atoms with Gasteiger partial charge in [-0.3, -0.25) is 9.59 Å². The van der Waals surface area contributed by atoms with Crippen LogP contribution in [0.4, 0.5) is 5.69 Å². The number of nitrogens with one attached hydrogen (secondary N) is 2. The second kappa shape index (κ2) is 7.65. The van der Waals surface area contributed by atoms with Gasteiger partial charge >= 0.3 is 0 Å². The van der Waals surface area contributed by atoms with Crippen molar-refractivity contribution in [2.45, 2.75) is 0 Å². The van der Waals surface area contributed by atoms with Crippen LogP contribution in [0.1, 0.15) is 10.6 Å². The second-order valence-corrected chi connectivity index (χ2v) is 5.65. The van der Waals surface area contributed by atoms with Crippen LogP contribution in [0.5, 0.6) is 5.75 Å². The smallest absolute Gasteiger partial charge is 0.288 e. The molecular weight excluding hydrogens is 344 g/mol. The Morgan fingerprint density at radius 1 is 1.15 bits per heavy atom. The number of carbonyl (C=O) groups is 2. The molecule has 0 radical (unpaired) electrons. The number of hydrogen-bond donors (Lipinski definition) is 2. The molecule has 3 aromatic rings. The van der Waals surface area contributed by atoms with Crippen molar-refractivity contribution in [3.05, 3.63) is 61.1 Å². The molecule has 0 saturated carbocycles. The van der Waals surface area contributed by atoms with E-state index in [1.54, 1.807) is 12.3 Å². The van der Waals surface area contributed by atoms with Crippen LogP contribution in [0.15, 0.2) is 55.3 Å². The fourth-order valence-electron chi connectivity index (χ4n) is 2.60. The predicted octanol–water partition coefficient (Wildman–Crippen LogP) is 2.79. The Bertz CT molecular complexity index is 1050. The highest BCUT2D eigenvalue weighted by Crippen LogP contribution is 2.31. The van der Waals surface area contributed by atoms with Crippen molar-refractivity contribution < 1.29 is 14.3 Å². The number of rotatable bonds is 5. The second-order valence-electron chi connectivity index (χ2n) is 5.65. The van der Waals surface area contributed by atoms with Gasteiger partial charge in [0.15, 0.2) is 0 Å². The molecule has 0 saturated heterocycles. The zero-order chi connectivity index (χ0) is 19.4. The number of amides is 2. The predicted molar refractivity (Wildman–Crippen MR) is 104 cm³/mol. The summed E-state index contributed by atoms with van der Waals surface area (Å²) < 4.78 is 5.29. The molecule has 136 valence electrons. The number of ether oxygens (including phenoxy) is 1. The first-order valence-corrected chi connectivity index (χ1v) is 8.16. The van der Waals surface area contributed by atoms with Crippen LogP contribution in [0.2, 0.25) is 0 Å². The van der Waals surface area contributed by atoms with E-state index in [1.165, 1.54) is 20.2 Å². The number of carbonyl (C=O) groups excluding carboxylic acids is 2. The summed E-state index contributed by atoms with van der Waals surface area (Å²) in [5.74, 6) is 0.0164. The first-order chi connectivity index (χ1) is 13.0. The number of nitrogens with zero attached hydrogens (tertiary/aromatic N) is 2. The van der Waals surface area contributed by atoms with Crippen molar-refractivity contribution in [1.82, 2.24) is 15.3 Å². The van der Waals surface area contributed by atoms with E-state index in [0.717, 1.165) is 16.5 Å². The molecule has 1 aromatic heterocycles. The van der Waals surface area contributed by atoms with Crippen molar-refractivity contribution >= 4 is 28.4 Å². The highest BCUT2D eigenvalue weighted by Gasteiger charge is 2.11. The van der Waals surface area contributed by atoms with E-state index in [0.29, 0.717) is 17.0 Å². The van der Waals surface area contributed by atoms with E-state index >= 15 is 0 Å². The highest BCUT2D eigenvalue weighted by molar-refractivity contribution is 6.00. The number of aromatic nitrogens is 2. The topological polar surface area (TPSA) is 93.2 Å². The minimum atomic E-state index is -0.335. The number of benzene rings is 2. The Morgan fingerprint density at radius 2 is 1.89 bits per heavy atom. The van der Waals surface area contributed by atoms with Crippen molar-refractivity contribution in [1.29, 1.82) is 0 Å². The lowest BCUT2D eigenvalue weighted by Crippen LogP contribution is -2.20.